The third-order valence-corrected chi connectivity index (χ3v) is 6.26. The van der Waals surface area contributed by atoms with E-state index in [2.05, 4.69) is 29.5 Å². The normalized spacial score (nSPS) is 11.9. The number of benzene rings is 3. The zero-order valence-electron chi connectivity index (χ0n) is 21.5. The Bertz CT molecular complexity index is 1340. The molecule has 0 fully saturated rings. The van der Waals surface area contributed by atoms with E-state index in [0.717, 1.165) is 23.1 Å². The largest absolute Gasteiger partial charge is 0.496 e. The first-order valence-electron chi connectivity index (χ1n) is 12.5. The average molecular weight is 500 g/mol. The maximum Gasteiger partial charge on any atom is 0.247 e. The van der Waals surface area contributed by atoms with Crippen molar-refractivity contribution < 1.29 is 14.3 Å². The Morgan fingerprint density at radius 3 is 2.43 bits per heavy atom. The van der Waals surface area contributed by atoms with Crippen LogP contribution in [0.25, 0.3) is 11.0 Å². The molecular formula is C29H33N5O3. The molecule has 2 amide bonds. The molecule has 0 radical (unpaired) electrons. The number of fused-ring (bicyclic) bond motifs is 1. The second kappa shape index (κ2) is 12.2. The molecule has 1 atom stereocenters. The third-order valence-electron chi connectivity index (χ3n) is 6.26. The summed E-state index contributed by atoms with van der Waals surface area (Å²) in [6, 6.07) is 23.6. The third kappa shape index (κ3) is 6.33. The monoisotopic (exact) mass is 499 g/mol. The van der Waals surface area contributed by atoms with Crippen LogP contribution in [-0.2, 0) is 22.7 Å². The molecule has 0 aliphatic rings. The topological polar surface area (TPSA) is 89.3 Å². The number of carbonyl (C=O) groups is 2. The number of para-hydroxylation sites is 2. The Morgan fingerprint density at radius 2 is 1.68 bits per heavy atom. The molecule has 8 heteroatoms. The van der Waals surface area contributed by atoms with Gasteiger partial charge in [-0.25, -0.2) is 4.68 Å². The van der Waals surface area contributed by atoms with Gasteiger partial charge in [0.05, 0.1) is 19.2 Å². The summed E-state index contributed by atoms with van der Waals surface area (Å²) in [6.07, 6.45) is 0.846. The van der Waals surface area contributed by atoms with E-state index in [1.807, 2.05) is 78.9 Å². The van der Waals surface area contributed by atoms with E-state index in [0.29, 0.717) is 23.7 Å². The second-order valence-corrected chi connectivity index (χ2v) is 9.36. The van der Waals surface area contributed by atoms with E-state index in [9.17, 15) is 9.59 Å². The van der Waals surface area contributed by atoms with Crippen LogP contribution in [0.4, 0.5) is 0 Å². The molecule has 1 aromatic heterocycles. The number of carbonyl (C=O) groups excluding carboxylic acids is 2. The molecule has 4 aromatic rings. The lowest BCUT2D eigenvalue weighted by molar-refractivity contribution is -0.142. The number of hydrogen-bond acceptors (Lipinski definition) is 5. The summed E-state index contributed by atoms with van der Waals surface area (Å²) >= 11 is 0. The van der Waals surface area contributed by atoms with E-state index >= 15 is 0 Å². The van der Waals surface area contributed by atoms with Crippen molar-refractivity contribution in [1.82, 2.24) is 25.2 Å². The maximum absolute atomic E-state index is 14.0. The van der Waals surface area contributed by atoms with E-state index < -0.39 is 6.04 Å². The molecule has 4 rings (SSSR count). The lowest BCUT2D eigenvalue weighted by atomic mass is 10.0. The van der Waals surface area contributed by atoms with Crippen molar-refractivity contribution in [2.45, 2.75) is 39.4 Å². The first-order valence-corrected chi connectivity index (χ1v) is 12.5. The van der Waals surface area contributed by atoms with Crippen LogP contribution in [0.5, 0.6) is 5.75 Å². The minimum atomic E-state index is -0.833. The van der Waals surface area contributed by atoms with Crippen molar-refractivity contribution >= 4 is 22.8 Å². The number of hydrogen-bond donors (Lipinski definition) is 1. The minimum Gasteiger partial charge on any atom is -0.496 e. The summed E-state index contributed by atoms with van der Waals surface area (Å²) in [7, 11) is 1.60. The fourth-order valence-electron chi connectivity index (χ4n) is 4.28. The molecule has 0 spiro atoms. The number of aromatic nitrogens is 3. The van der Waals surface area contributed by atoms with Crippen LogP contribution >= 0.6 is 0 Å². The van der Waals surface area contributed by atoms with Crippen LogP contribution in [0.1, 0.15) is 37.4 Å². The van der Waals surface area contributed by atoms with Gasteiger partial charge in [0, 0.05) is 12.1 Å². The molecule has 0 aliphatic heterocycles. The molecule has 0 saturated heterocycles. The molecular weight excluding hydrogens is 466 g/mol. The summed E-state index contributed by atoms with van der Waals surface area (Å²) in [5.74, 6) is 0.619. The number of methoxy groups -OCH3 is 1. The number of amides is 2. The van der Waals surface area contributed by atoms with E-state index in [1.165, 1.54) is 0 Å². The van der Waals surface area contributed by atoms with Gasteiger partial charge in [-0.05, 0) is 36.1 Å². The predicted octanol–water partition coefficient (Wildman–Crippen LogP) is 4.37. The molecule has 1 unspecified atom stereocenters. The zero-order chi connectivity index (χ0) is 26.2. The first kappa shape index (κ1) is 25.9. The summed E-state index contributed by atoms with van der Waals surface area (Å²) in [6.45, 7) is 4.89. The second-order valence-electron chi connectivity index (χ2n) is 9.36. The lowest BCUT2D eigenvalue weighted by Crippen LogP contribution is -2.45. The Labute approximate surface area is 217 Å². The first-order chi connectivity index (χ1) is 18.0. The number of nitrogens with one attached hydrogen (secondary N) is 1. The maximum atomic E-state index is 14.0. The quantitative estimate of drug-likeness (QED) is 0.331. The standard InChI is InChI=1S/C29H33N5O3/c1-21(2)17-18-30-29(36)28(22-11-5-4-6-12-22)33(19-23-13-7-10-16-26(23)37-3)27(35)20-34-25-15-9-8-14-24(25)31-32-34/h4-16,21,28H,17-20H2,1-3H3,(H,30,36). The molecule has 0 aliphatic carbocycles. The van der Waals surface area contributed by atoms with Crippen molar-refractivity contribution in [2.24, 2.45) is 5.92 Å². The molecule has 0 saturated carbocycles. The highest BCUT2D eigenvalue weighted by molar-refractivity contribution is 5.89. The highest BCUT2D eigenvalue weighted by atomic mass is 16.5. The fourth-order valence-corrected chi connectivity index (χ4v) is 4.28. The van der Waals surface area contributed by atoms with Gasteiger partial charge in [0.2, 0.25) is 11.8 Å². The average Bonchev–Trinajstić information content (AvgIpc) is 3.31. The van der Waals surface area contributed by atoms with Gasteiger partial charge in [-0.2, -0.15) is 0 Å². The molecule has 3 aromatic carbocycles. The van der Waals surface area contributed by atoms with E-state index in [4.69, 9.17) is 4.74 Å². The highest BCUT2D eigenvalue weighted by Crippen LogP contribution is 2.28. The van der Waals surface area contributed by atoms with Crippen LogP contribution in [0.3, 0.4) is 0 Å². The van der Waals surface area contributed by atoms with Gasteiger partial charge in [0.25, 0.3) is 0 Å². The van der Waals surface area contributed by atoms with Crippen LogP contribution in [0.2, 0.25) is 0 Å². The van der Waals surface area contributed by atoms with Crippen LogP contribution in [0, 0.1) is 5.92 Å². The summed E-state index contributed by atoms with van der Waals surface area (Å²) in [5.41, 5.74) is 3.00. The molecule has 1 N–H and O–H groups in total. The SMILES string of the molecule is COc1ccccc1CN(C(=O)Cn1nnc2ccccc21)C(C(=O)NCCC(C)C)c1ccccc1. The smallest absolute Gasteiger partial charge is 0.247 e. The van der Waals surface area contributed by atoms with Crippen LogP contribution in [-0.4, -0.2) is 45.4 Å². The van der Waals surface area contributed by atoms with Crippen LogP contribution in [0.15, 0.2) is 78.9 Å². The van der Waals surface area contributed by atoms with Crippen molar-refractivity contribution in [1.29, 1.82) is 0 Å². The minimum absolute atomic E-state index is 0.0573. The predicted molar refractivity (Wildman–Crippen MR) is 143 cm³/mol. The van der Waals surface area contributed by atoms with Crippen LogP contribution < -0.4 is 10.1 Å². The van der Waals surface area contributed by atoms with Crippen molar-refractivity contribution in [3.8, 4) is 5.75 Å². The summed E-state index contributed by atoms with van der Waals surface area (Å²) in [4.78, 5) is 29.2. The van der Waals surface area contributed by atoms with Gasteiger partial charge in [-0.1, -0.05) is 79.7 Å². The highest BCUT2D eigenvalue weighted by Gasteiger charge is 2.32. The Morgan fingerprint density at radius 1 is 0.973 bits per heavy atom. The molecule has 8 nitrogen and oxygen atoms in total. The van der Waals surface area contributed by atoms with Crippen molar-refractivity contribution in [3.63, 3.8) is 0 Å². The molecule has 192 valence electrons. The van der Waals surface area contributed by atoms with Crippen molar-refractivity contribution in [2.75, 3.05) is 13.7 Å². The molecule has 1 heterocycles. The van der Waals surface area contributed by atoms with Gasteiger partial charge in [0.1, 0.15) is 23.9 Å². The Hall–Kier alpha value is -4.20. The zero-order valence-corrected chi connectivity index (χ0v) is 21.5. The number of ether oxygens (including phenoxy) is 1. The molecule has 0 bridgehead atoms. The Balaban J connectivity index is 1.72. The fraction of sp³-hybridized carbons (Fsp3) is 0.310. The van der Waals surface area contributed by atoms with Gasteiger partial charge in [-0.3, -0.25) is 9.59 Å². The van der Waals surface area contributed by atoms with Gasteiger partial charge in [-0.15, -0.1) is 5.10 Å². The van der Waals surface area contributed by atoms with Gasteiger partial charge >= 0.3 is 0 Å². The van der Waals surface area contributed by atoms with Crippen molar-refractivity contribution in [3.05, 3.63) is 90.0 Å². The van der Waals surface area contributed by atoms with E-state index in [-0.39, 0.29) is 24.9 Å². The summed E-state index contributed by atoms with van der Waals surface area (Å²) < 4.78 is 7.14. The summed E-state index contributed by atoms with van der Waals surface area (Å²) in [5, 5.41) is 11.4. The Kier molecular flexibility index (Phi) is 8.51. The lowest BCUT2D eigenvalue weighted by Gasteiger charge is -2.32. The van der Waals surface area contributed by atoms with Gasteiger partial charge < -0.3 is 15.0 Å². The van der Waals surface area contributed by atoms with E-state index in [1.54, 1.807) is 16.7 Å². The molecule has 37 heavy (non-hydrogen) atoms. The number of nitrogens with zero attached hydrogens (tertiary/aromatic N) is 4. The van der Waals surface area contributed by atoms with Gasteiger partial charge in [0.15, 0.2) is 0 Å². The number of rotatable bonds is 11.